The summed E-state index contributed by atoms with van der Waals surface area (Å²) in [5, 5.41) is 4.44. The van der Waals surface area contributed by atoms with Gasteiger partial charge in [0.25, 0.3) is 0 Å². The molecule has 0 spiro atoms. The summed E-state index contributed by atoms with van der Waals surface area (Å²) < 4.78 is 7.13. The summed E-state index contributed by atoms with van der Waals surface area (Å²) in [6.45, 7) is 2.75. The second-order valence-corrected chi connectivity index (χ2v) is 5.47. The number of thiazole rings is 1. The van der Waals surface area contributed by atoms with E-state index in [9.17, 15) is 0 Å². The number of piperidine rings is 1. The van der Waals surface area contributed by atoms with E-state index in [0.29, 0.717) is 12.7 Å². The molecule has 1 atom stereocenters. The Hall–Kier alpha value is -0.970. The molecule has 2 aromatic rings. The van der Waals surface area contributed by atoms with E-state index in [4.69, 9.17) is 4.74 Å². The van der Waals surface area contributed by atoms with Crippen molar-refractivity contribution in [3.8, 4) is 0 Å². The first-order valence-corrected chi connectivity index (χ1v) is 6.90. The molecule has 1 fully saturated rings. The molecule has 1 aliphatic heterocycles. The number of rotatable bonds is 3. The molecular weight excluding hydrogens is 232 g/mol. The van der Waals surface area contributed by atoms with E-state index in [1.807, 2.05) is 6.07 Å². The molecule has 0 amide bonds. The van der Waals surface area contributed by atoms with Gasteiger partial charge in [-0.1, -0.05) is 12.1 Å². The fraction of sp³-hybridized carbons (Fsp3) is 0.462. The predicted molar refractivity (Wildman–Crippen MR) is 70.3 cm³/mol. The third-order valence-electron chi connectivity index (χ3n) is 3.03. The Morgan fingerprint density at radius 3 is 3.18 bits per heavy atom. The smallest absolute Gasteiger partial charge is 0.120 e. The molecule has 3 rings (SSSR count). The summed E-state index contributed by atoms with van der Waals surface area (Å²) in [6.07, 6.45) is 2.73. The van der Waals surface area contributed by atoms with Crippen molar-refractivity contribution in [1.82, 2.24) is 10.3 Å². The number of hydrogen-bond acceptors (Lipinski definition) is 4. The lowest BCUT2D eigenvalue weighted by Gasteiger charge is -2.22. The van der Waals surface area contributed by atoms with Gasteiger partial charge in [0.2, 0.25) is 0 Å². The molecule has 17 heavy (non-hydrogen) atoms. The largest absolute Gasteiger partial charge is 0.370 e. The highest BCUT2D eigenvalue weighted by molar-refractivity contribution is 7.18. The topological polar surface area (TPSA) is 34.1 Å². The number of nitrogens with zero attached hydrogens (tertiary/aromatic N) is 1. The lowest BCUT2D eigenvalue weighted by Crippen LogP contribution is -2.35. The van der Waals surface area contributed by atoms with Gasteiger partial charge in [-0.3, -0.25) is 0 Å². The Labute approximate surface area is 105 Å². The van der Waals surface area contributed by atoms with Crippen molar-refractivity contribution in [2.75, 3.05) is 13.1 Å². The van der Waals surface area contributed by atoms with E-state index >= 15 is 0 Å². The van der Waals surface area contributed by atoms with E-state index in [1.54, 1.807) is 11.3 Å². The molecule has 1 unspecified atom stereocenters. The third-order valence-corrected chi connectivity index (χ3v) is 4.04. The van der Waals surface area contributed by atoms with Crippen molar-refractivity contribution >= 4 is 21.6 Å². The zero-order chi connectivity index (χ0) is 11.5. The van der Waals surface area contributed by atoms with Gasteiger partial charge in [-0.2, -0.15) is 0 Å². The van der Waals surface area contributed by atoms with Gasteiger partial charge in [0.05, 0.1) is 22.9 Å². The van der Waals surface area contributed by atoms with Crippen LogP contribution in [0.2, 0.25) is 0 Å². The molecule has 1 aliphatic rings. The van der Waals surface area contributed by atoms with Gasteiger partial charge in [-0.25, -0.2) is 4.98 Å². The maximum Gasteiger partial charge on any atom is 0.120 e. The Morgan fingerprint density at radius 2 is 2.35 bits per heavy atom. The van der Waals surface area contributed by atoms with E-state index in [2.05, 4.69) is 28.5 Å². The Balaban J connectivity index is 1.64. The quantitative estimate of drug-likeness (QED) is 0.906. The zero-order valence-electron chi connectivity index (χ0n) is 9.69. The Morgan fingerprint density at radius 1 is 1.41 bits per heavy atom. The normalized spacial score (nSPS) is 20.8. The van der Waals surface area contributed by atoms with Crippen LogP contribution in [0.15, 0.2) is 24.3 Å². The van der Waals surface area contributed by atoms with Crippen molar-refractivity contribution in [2.24, 2.45) is 0 Å². The highest BCUT2D eigenvalue weighted by atomic mass is 32.1. The van der Waals surface area contributed by atoms with Gasteiger partial charge < -0.3 is 10.1 Å². The van der Waals surface area contributed by atoms with Gasteiger partial charge in [0.1, 0.15) is 5.01 Å². The SMILES string of the molecule is c1ccc2sc(COC3CCCNC3)nc2c1. The highest BCUT2D eigenvalue weighted by Gasteiger charge is 2.14. The van der Waals surface area contributed by atoms with Crippen LogP contribution in [0, 0.1) is 0 Å². The summed E-state index contributed by atoms with van der Waals surface area (Å²) in [7, 11) is 0. The monoisotopic (exact) mass is 248 g/mol. The molecule has 3 nitrogen and oxygen atoms in total. The molecule has 4 heteroatoms. The number of nitrogens with one attached hydrogen (secondary N) is 1. The molecule has 1 saturated heterocycles. The molecule has 0 radical (unpaired) electrons. The minimum absolute atomic E-state index is 0.357. The van der Waals surface area contributed by atoms with Crippen LogP contribution < -0.4 is 5.32 Å². The van der Waals surface area contributed by atoms with Crippen molar-refractivity contribution in [3.63, 3.8) is 0 Å². The van der Waals surface area contributed by atoms with Crippen molar-refractivity contribution in [2.45, 2.75) is 25.6 Å². The molecule has 2 heterocycles. The van der Waals surface area contributed by atoms with Crippen molar-refractivity contribution in [3.05, 3.63) is 29.3 Å². The van der Waals surface area contributed by atoms with Crippen LogP contribution in [-0.2, 0) is 11.3 Å². The predicted octanol–water partition coefficient (Wildman–Crippen LogP) is 2.56. The molecule has 90 valence electrons. The van der Waals surface area contributed by atoms with E-state index in [0.717, 1.165) is 30.0 Å². The number of aromatic nitrogens is 1. The van der Waals surface area contributed by atoms with Gasteiger partial charge in [0, 0.05) is 6.54 Å². The van der Waals surface area contributed by atoms with Crippen LogP contribution in [-0.4, -0.2) is 24.2 Å². The van der Waals surface area contributed by atoms with Crippen LogP contribution >= 0.6 is 11.3 Å². The van der Waals surface area contributed by atoms with Gasteiger partial charge in [-0.15, -0.1) is 11.3 Å². The van der Waals surface area contributed by atoms with Crippen LogP contribution in [0.5, 0.6) is 0 Å². The minimum atomic E-state index is 0.357. The molecule has 0 aliphatic carbocycles. The zero-order valence-corrected chi connectivity index (χ0v) is 10.5. The first-order chi connectivity index (χ1) is 8.42. The van der Waals surface area contributed by atoms with Gasteiger partial charge in [0.15, 0.2) is 0 Å². The van der Waals surface area contributed by atoms with E-state index < -0.39 is 0 Å². The fourth-order valence-corrected chi connectivity index (χ4v) is 3.02. The first-order valence-electron chi connectivity index (χ1n) is 6.08. The number of hydrogen-bond donors (Lipinski definition) is 1. The summed E-state index contributed by atoms with van der Waals surface area (Å²) in [5.41, 5.74) is 1.08. The molecule has 0 bridgehead atoms. The molecule has 1 N–H and O–H groups in total. The fourth-order valence-electron chi connectivity index (χ4n) is 2.13. The number of ether oxygens (including phenoxy) is 1. The van der Waals surface area contributed by atoms with Gasteiger partial charge >= 0.3 is 0 Å². The number of benzene rings is 1. The van der Waals surface area contributed by atoms with E-state index in [1.165, 1.54) is 11.1 Å². The second-order valence-electron chi connectivity index (χ2n) is 4.35. The van der Waals surface area contributed by atoms with Crippen molar-refractivity contribution < 1.29 is 4.74 Å². The molecule has 1 aromatic heterocycles. The summed E-state index contributed by atoms with van der Waals surface area (Å²) in [6, 6.07) is 8.24. The van der Waals surface area contributed by atoms with E-state index in [-0.39, 0.29) is 0 Å². The minimum Gasteiger partial charge on any atom is -0.370 e. The standard InChI is InChI=1S/C13H16N2OS/c1-2-6-12-11(5-1)15-13(17-12)9-16-10-4-3-7-14-8-10/h1-2,5-6,10,14H,3-4,7-9H2. The average Bonchev–Trinajstić information content (AvgIpc) is 2.80. The highest BCUT2D eigenvalue weighted by Crippen LogP contribution is 2.22. The maximum absolute atomic E-state index is 5.88. The van der Waals surface area contributed by atoms with Crippen LogP contribution in [0.4, 0.5) is 0 Å². The van der Waals surface area contributed by atoms with Gasteiger partial charge in [-0.05, 0) is 31.5 Å². The number of fused-ring (bicyclic) bond motifs is 1. The van der Waals surface area contributed by atoms with Crippen LogP contribution in [0.25, 0.3) is 10.2 Å². The maximum atomic E-state index is 5.88. The Kier molecular flexibility index (Phi) is 3.36. The van der Waals surface area contributed by atoms with Crippen molar-refractivity contribution in [1.29, 1.82) is 0 Å². The Bertz CT molecular complexity index is 458. The third kappa shape index (κ3) is 2.65. The number of para-hydroxylation sites is 1. The summed E-state index contributed by atoms with van der Waals surface area (Å²) in [5.74, 6) is 0. The van der Waals surface area contributed by atoms with Crippen LogP contribution in [0.3, 0.4) is 0 Å². The average molecular weight is 248 g/mol. The lowest BCUT2D eigenvalue weighted by molar-refractivity contribution is 0.0253. The molecule has 1 aromatic carbocycles. The lowest BCUT2D eigenvalue weighted by atomic mass is 10.1. The summed E-state index contributed by atoms with van der Waals surface area (Å²) in [4.78, 5) is 4.57. The second kappa shape index (κ2) is 5.12. The molecular formula is C13H16N2OS. The molecule has 0 saturated carbocycles. The van der Waals surface area contributed by atoms with Crippen LogP contribution in [0.1, 0.15) is 17.8 Å². The summed E-state index contributed by atoms with van der Waals surface area (Å²) >= 11 is 1.73. The first kappa shape index (κ1) is 11.1.